The molecule has 7 nitrogen and oxygen atoms in total. The van der Waals surface area contributed by atoms with Crippen LogP contribution in [-0.2, 0) is 9.47 Å². The van der Waals surface area contributed by atoms with E-state index in [-0.39, 0.29) is 18.0 Å². The highest BCUT2D eigenvalue weighted by Gasteiger charge is 2.34. The van der Waals surface area contributed by atoms with E-state index in [1.165, 1.54) is 0 Å². The van der Waals surface area contributed by atoms with E-state index in [0.29, 0.717) is 24.4 Å². The van der Waals surface area contributed by atoms with Crippen molar-refractivity contribution in [1.29, 1.82) is 0 Å². The summed E-state index contributed by atoms with van der Waals surface area (Å²) in [5.74, 6) is 0.761. The molecular weight excluding hydrogens is 274 g/mol. The van der Waals surface area contributed by atoms with Gasteiger partial charge in [-0.25, -0.2) is 0 Å². The number of anilines is 1. The van der Waals surface area contributed by atoms with Crippen LogP contribution in [0.4, 0.5) is 5.69 Å². The Labute approximate surface area is 123 Å². The molecule has 0 spiro atoms. The predicted octanol–water partition coefficient (Wildman–Crippen LogP) is 0.640. The Morgan fingerprint density at radius 3 is 2.33 bits per heavy atom. The smallest absolute Gasteiger partial charge is 0.172 e. The molecule has 0 aliphatic carbocycles. The number of rotatable bonds is 5. The Bertz CT molecular complexity index is 509. The first-order valence-electron chi connectivity index (χ1n) is 6.61. The fourth-order valence-electron chi connectivity index (χ4n) is 2.56. The number of methoxy groups -OCH3 is 3. The number of oxime groups is 1. The average molecular weight is 295 g/mol. The summed E-state index contributed by atoms with van der Waals surface area (Å²) in [6.45, 7) is 1.32. The third-order valence-electron chi connectivity index (χ3n) is 3.75. The molecule has 1 aromatic carbocycles. The zero-order chi connectivity index (χ0) is 15.4. The minimum absolute atomic E-state index is 0.0265. The Kier molecular flexibility index (Phi) is 4.87. The molecule has 2 rings (SSSR count). The van der Waals surface area contributed by atoms with E-state index in [2.05, 4.69) is 10.1 Å². The maximum absolute atomic E-state index is 8.94. The van der Waals surface area contributed by atoms with Crippen LogP contribution in [0, 0.1) is 0 Å². The standard InChI is InChI=1S/C14H21N3O4/c1-19-9-4-5-10(14(15)16-18)11(6-9)17-7-12(20-2)13(8-17)21-3/h4-6,12-13,18H,7-8H2,1-3H3,(H2,15,16). The summed E-state index contributed by atoms with van der Waals surface area (Å²) in [6.07, 6.45) is -0.0531. The second-order valence-corrected chi connectivity index (χ2v) is 4.82. The minimum atomic E-state index is -0.0265. The molecule has 0 aromatic heterocycles. The highest BCUT2D eigenvalue weighted by Crippen LogP contribution is 2.30. The molecule has 3 N–H and O–H groups in total. The molecule has 2 atom stereocenters. The van der Waals surface area contributed by atoms with Crippen LogP contribution in [0.1, 0.15) is 5.56 Å². The lowest BCUT2D eigenvalue weighted by molar-refractivity contribution is -0.00461. The van der Waals surface area contributed by atoms with Gasteiger partial charge >= 0.3 is 0 Å². The van der Waals surface area contributed by atoms with Crippen molar-refractivity contribution in [2.45, 2.75) is 12.2 Å². The molecule has 1 aliphatic heterocycles. The van der Waals surface area contributed by atoms with Gasteiger partial charge in [0.2, 0.25) is 0 Å². The van der Waals surface area contributed by atoms with Crippen LogP contribution in [0.15, 0.2) is 23.4 Å². The van der Waals surface area contributed by atoms with Crippen LogP contribution in [0.2, 0.25) is 0 Å². The lowest BCUT2D eigenvalue weighted by Crippen LogP contribution is -2.27. The van der Waals surface area contributed by atoms with Crippen LogP contribution in [-0.4, -0.2) is 57.7 Å². The van der Waals surface area contributed by atoms with Crippen molar-refractivity contribution < 1.29 is 19.4 Å². The summed E-state index contributed by atoms with van der Waals surface area (Å²) in [5, 5.41) is 12.0. The van der Waals surface area contributed by atoms with Crippen LogP contribution in [0.25, 0.3) is 0 Å². The number of ether oxygens (including phenoxy) is 3. The number of hydrogen-bond acceptors (Lipinski definition) is 6. The van der Waals surface area contributed by atoms with E-state index >= 15 is 0 Å². The molecule has 2 unspecified atom stereocenters. The van der Waals surface area contributed by atoms with Crippen molar-refractivity contribution in [2.24, 2.45) is 10.9 Å². The molecule has 1 heterocycles. The van der Waals surface area contributed by atoms with Crippen molar-refractivity contribution >= 4 is 11.5 Å². The lowest BCUT2D eigenvalue weighted by Gasteiger charge is -2.22. The van der Waals surface area contributed by atoms with Crippen LogP contribution in [0.3, 0.4) is 0 Å². The maximum Gasteiger partial charge on any atom is 0.172 e. The SMILES string of the molecule is COc1ccc(/C(N)=N/O)c(N2CC(OC)C(OC)C2)c1. The Morgan fingerprint density at radius 1 is 1.24 bits per heavy atom. The third kappa shape index (κ3) is 3.03. The van der Waals surface area contributed by atoms with Crippen molar-refractivity contribution in [1.82, 2.24) is 0 Å². The first-order chi connectivity index (χ1) is 10.1. The van der Waals surface area contributed by atoms with E-state index < -0.39 is 0 Å². The topological polar surface area (TPSA) is 89.5 Å². The Hall–Kier alpha value is -1.99. The summed E-state index contributed by atoms with van der Waals surface area (Å²) in [7, 11) is 4.93. The fourth-order valence-corrected chi connectivity index (χ4v) is 2.56. The fraction of sp³-hybridized carbons (Fsp3) is 0.500. The van der Waals surface area contributed by atoms with Crippen LogP contribution < -0.4 is 15.4 Å². The first-order valence-corrected chi connectivity index (χ1v) is 6.61. The van der Waals surface area contributed by atoms with Gasteiger partial charge in [-0.1, -0.05) is 5.16 Å². The molecule has 1 fully saturated rings. The first kappa shape index (κ1) is 15.4. The van der Waals surface area contributed by atoms with Crippen molar-refractivity contribution in [3.63, 3.8) is 0 Å². The van der Waals surface area contributed by atoms with Gasteiger partial charge in [0.25, 0.3) is 0 Å². The van der Waals surface area contributed by atoms with Gasteiger partial charge in [0, 0.05) is 38.9 Å². The molecular formula is C14H21N3O4. The van der Waals surface area contributed by atoms with E-state index in [9.17, 15) is 0 Å². The second-order valence-electron chi connectivity index (χ2n) is 4.82. The van der Waals surface area contributed by atoms with Crippen LogP contribution >= 0.6 is 0 Å². The van der Waals surface area contributed by atoms with Crippen molar-refractivity contribution in [3.05, 3.63) is 23.8 Å². The number of benzene rings is 1. The van der Waals surface area contributed by atoms with Gasteiger partial charge in [-0.05, 0) is 12.1 Å². The van der Waals surface area contributed by atoms with Crippen molar-refractivity contribution in [2.75, 3.05) is 39.3 Å². The quantitative estimate of drug-likeness (QED) is 0.359. The molecule has 116 valence electrons. The van der Waals surface area contributed by atoms with E-state index in [1.807, 2.05) is 6.07 Å². The second kappa shape index (κ2) is 6.64. The molecule has 1 aromatic rings. The molecule has 0 amide bonds. The lowest BCUT2D eigenvalue weighted by atomic mass is 10.1. The maximum atomic E-state index is 8.94. The summed E-state index contributed by atoms with van der Waals surface area (Å²) >= 11 is 0. The molecule has 1 aliphatic rings. The summed E-state index contributed by atoms with van der Waals surface area (Å²) in [6, 6.07) is 5.40. The van der Waals surface area contributed by atoms with E-state index in [1.54, 1.807) is 33.5 Å². The van der Waals surface area contributed by atoms with Gasteiger partial charge in [0.1, 0.15) is 18.0 Å². The van der Waals surface area contributed by atoms with Crippen molar-refractivity contribution in [3.8, 4) is 5.75 Å². The normalized spacial score (nSPS) is 22.6. The number of amidine groups is 1. The number of hydrogen-bond donors (Lipinski definition) is 2. The molecule has 0 saturated carbocycles. The largest absolute Gasteiger partial charge is 0.497 e. The highest BCUT2D eigenvalue weighted by atomic mass is 16.5. The minimum Gasteiger partial charge on any atom is -0.497 e. The summed E-state index contributed by atoms with van der Waals surface area (Å²) < 4.78 is 16.1. The number of nitrogens with two attached hydrogens (primary N) is 1. The van der Waals surface area contributed by atoms with E-state index in [4.69, 9.17) is 25.2 Å². The van der Waals surface area contributed by atoms with Gasteiger partial charge in [-0.2, -0.15) is 0 Å². The summed E-state index contributed by atoms with van der Waals surface area (Å²) in [5.41, 5.74) is 7.23. The zero-order valence-electron chi connectivity index (χ0n) is 12.4. The molecule has 21 heavy (non-hydrogen) atoms. The zero-order valence-corrected chi connectivity index (χ0v) is 12.4. The van der Waals surface area contributed by atoms with Gasteiger partial charge in [0.15, 0.2) is 5.84 Å². The summed E-state index contributed by atoms with van der Waals surface area (Å²) in [4.78, 5) is 2.08. The average Bonchev–Trinajstić information content (AvgIpc) is 2.96. The predicted molar refractivity (Wildman–Crippen MR) is 79.3 cm³/mol. The molecule has 0 bridgehead atoms. The van der Waals surface area contributed by atoms with Crippen LogP contribution in [0.5, 0.6) is 5.75 Å². The molecule has 0 radical (unpaired) electrons. The van der Waals surface area contributed by atoms with Gasteiger partial charge in [-0.3, -0.25) is 0 Å². The highest BCUT2D eigenvalue weighted by molar-refractivity contribution is 6.02. The van der Waals surface area contributed by atoms with Gasteiger partial charge < -0.3 is 30.1 Å². The molecule has 7 heteroatoms. The van der Waals surface area contributed by atoms with E-state index in [0.717, 1.165) is 5.69 Å². The monoisotopic (exact) mass is 295 g/mol. The third-order valence-corrected chi connectivity index (χ3v) is 3.75. The molecule has 1 saturated heterocycles. The Balaban J connectivity index is 2.37. The van der Waals surface area contributed by atoms with Gasteiger partial charge in [-0.15, -0.1) is 0 Å². The number of nitrogens with zero attached hydrogens (tertiary/aromatic N) is 2. The van der Waals surface area contributed by atoms with Gasteiger partial charge in [0.05, 0.1) is 12.8 Å². The Morgan fingerprint density at radius 2 is 1.86 bits per heavy atom.